The van der Waals surface area contributed by atoms with Crippen LogP contribution in [-0.4, -0.2) is 75.9 Å². The predicted molar refractivity (Wildman–Crippen MR) is 152 cm³/mol. The van der Waals surface area contributed by atoms with Gasteiger partial charge in [-0.2, -0.15) is 0 Å². The molecular formula is C28H34N6O4S. The van der Waals surface area contributed by atoms with E-state index in [1.807, 2.05) is 36.6 Å². The van der Waals surface area contributed by atoms with Crippen molar-refractivity contribution in [2.75, 3.05) is 46.5 Å². The van der Waals surface area contributed by atoms with E-state index in [-0.39, 0.29) is 22.7 Å². The number of ether oxygens (including phenoxy) is 2. The van der Waals surface area contributed by atoms with Gasteiger partial charge in [-0.15, -0.1) is 0 Å². The van der Waals surface area contributed by atoms with Crippen LogP contribution < -0.4 is 10.1 Å². The zero-order chi connectivity index (χ0) is 27.5. The van der Waals surface area contributed by atoms with E-state index < -0.39 is 0 Å². The van der Waals surface area contributed by atoms with E-state index in [9.17, 15) is 10.1 Å². The summed E-state index contributed by atoms with van der Waals surface area (Å²) in [6.45, 7) is 9.19. The molecule has 2 fully saturated rings. The number of hydrogen-bond donors (Lipinski definition) is 1. The van der Waals surface area contributed by atoms with Gasteiger partial charge in [-0.3, -0.25) is 20.0 Å². The molecule has 2 saturated heterocycles. The molecule has 0 unspecified atom stereocenters. The molecule has 3 aromatic rings. The molecule has 0 amide bonds. The highest BCUT2D eigenvalue weighted by Crippen LogP contribution is 2.42. The molecule has 4 heterocycles. The van der Waals surface area contributed by atoms with Crippen molar-refractivity contribution in [1.29, 1.82) is 0 Å². The summed E-state index contributed by atoms with van der Waals surface area (Å²) in [7, 11) is 1.50. The Morgan fingerprint density at radius 2 is 1.97 bits per heavy atom. The molecule has 2 atom stereocenters. The van der Waals surface area contributed by atoms with Gasteiger partial charge < -0.3 is 24.3 Å². The summed E-state index contributed by atoms with van der Waals surface area (Å²) in [6, 6.07) is 12.7. The van der Waals surface area contributed by atoms with Crippen LogP contribution in [0.4, 0.5) is 5.69 Å². The van der Waals surface area contributed by atoms with Crippen LogP contribution in [0.3, 0.4) is 0 Å². The average Bonchev–Trinajstić information content (AvgIpc) is 3.43. The van der Waals surface area contributed by atoms with Gasteiger partial charge in [0.05, 0.1) is 49.1 Å². The van der Waals surface area contributed by atoms with Gasteiger partial charge in [-0.1, -0.05) is 6.07 Å². The van der Waals surface area contributed by atoms with Gasteiger partial charge in [0.2, 0.25) is 0 Å². The van der Waals surface area contributed by atoms with Crippen LogP contribution in [0.15, 0.2) is 48.7 Å². The number of benzene rings is 1. The maximum absolute atomic E-state index is 12.0. The Bertz CT molecular complexity index is 1340. The molecule has 206 valence electrons. The third-order valence-corrected chi connectivity index (χ3v) is 7.94. The molecule has 2 aliphatic rings. The minimum Gasteiger partial charge on any atom is -0.496 e. The Morgan fingerprint density at radius 1 is 1.18 bits per heavy atom. The van der Waals surface area contributed by atoms with E-state index in [1.165, 1.54) is 13.2 Å². The van der Waals surface area contributed by atoms with Crippen LogP contribution in [0.5, 0.6) is 5.75 Å². The number of nitro groups is 1. The molecule has 0 saturated carbocycles. The summed E-state index contributed by atoms with van der Waals surface area (Å²) in [5.74, 6) is 0.445. The molecule has 0 bridgehead atoms. The fourth-order valence-electron chi connectivity index (χ4n) is 5.70. The molecule has 0 aliphatic carbocycles. The lowest BCUT2D eigenvalue weighted by Gasteiger charge is -2.30. The molecule has 11 heteroatoms. The smallest absolute Gasteiger partial charge is 0.296 e. The molecule has 1 N–H and O–H groups in total. The highest BCUT2D eigenvalue weighted by atomic mass is 32.1. The van der Waals surface area contributed by atoms with E-state index in [0.29, 0.717) is 16.5 Å². The minimum absolute atomic E-state index is 0.00795. The van der Waals surface area contributed by atoms with Crippen molar-refractivity contribution in [1.82, 2.24) is 24.7 Å². The Balaban J connectivity index is 1.52. The Morgan fingerprint density at radius 3 is 2.67 bits per heavy atom. The van der Waals surface area contributed by atoms with Crippen molar-refractivity contribution < 1.29 is 14.4 Å². The zero-order valence-corrected chi connectivity index (χ0v) is 23.3. The normalized spacial score (nSPS) is 19.8. The second-order valence-electron chi connectivity index (χ2n) is 9.90. The highest BCUT2D eigenvalue weighted by Gasteiger charge is 2.41. The number of methoxy groups -OCH3 is 1. The van der Waals surface area contributed by atoms with Crippen molar-refractivity contribution in [3.8, 4) is 11.4 Å². The third-order valence-electron chi connectivity index (χ3n) is 7.58. The zero-order valence-electron chi connectivity index (χ0n) is 22.5. The molecule has 10 nitrogen and oxygen atoms in total. The average molecular weight is 551 g/mol. The number of nitrogens with zero attached hydrogens (tertiary/aromatic N) is 5. The van der Waals surface area contributed by atoms with Gasteiger partial charge in [0.25, 0.3) is 5.69 Å². The number of aryl methyl sites for hydroxylation is 1. The van der Waals surface area contributed by atoms with E-state index in [2.05, 4.69) is 26.2 Å². The summed E-state index contributed by atoms with van der Waals surface area (Å²) in [5.41, 5.74) is 4.29. The van der Waals surface area contributed by atoms with Crippen molar-refractivity contribution in [2.24, 2.45) is 0 Å². The van der Waals surface area contributed by atoms with E-state index in [4.69, 9.17) is 21.7 Å². The molecule has 0 spiro atoms. The minimum atomic E-state index is -0.364. The number of aromatic nitrogens is 2. The Labute approximate surface area is 233 Å². The monoisotopic (exact) mass is 550 g/mol. The van der Waals surface area contributed by atoms with Crippen LogP contribution >= 0.6 is 12.2 Å². The fourth-order valence-corrected chi connectivity index (χ4v) is 6.03. The number of rotatable bonds is 9. The van der Waals surface area contributed by atoms with Crippen molar-refractivity contribution in [3.63, 3.8) is 0 Å². The second-order valence-corrected chi connectivity index (χ2v) is 10.3. The van der Waals surface area contributed by atoms with Crippen LogP contribution in [0.25, 0.3) is 5.69 Å². The first-order valence-corrected chi connectivity index (χ1v) is 13.6. The van der Waals surface area contributed by atoms with Gasteiger partial charge >= 0.3 is 0 Å². The van der Waals surface area contributed by atoms with Crippen LogP contribution in [-0.2, 0) is 4.74 Å². The number of pyridine rings is 1. The van der Waals surface area contributed by atoms with Gasteiger partial charge in [-0.05, 0) is 68.4 Å². The molecule has 1 aromatic carbocycles. The first-order chi connectivity index (χ1) is 18.9. The van der Waals surface area contributed by atoms with Crippen LogP contribution in [0.1, 0.15) is 41.1 Å². The maximum Gasteiger partial charge on any atom is 0.296 e. The lowest BCUT2D eigenvalue weighted by atomic mass is 9.96. The number of hydrogen-bond acceptors (Lipinski definition) is 7. The highest BCUT2D eigenvalue weighted by molar-refractivity contribution is 7.80. The van der Waals surface area contributed by atoms with E-state index in [0.717, 1.165) is 68.5 Å². The van der Waals surface area contributed by atoms with Crippen molar-refractivity contribution in [2.45, 2.75) is 32.4 Å². The summed E-state index contributed by atoms with van der Waals surface area (Å²) in [6.07, 6.45) is 2.75. The topological polar surface area (TPSA) is 97.9 Å². The molecule has 0 radical (unpaired) electrons. The summed E-state index contributed by atoms with van der Waals surface area (Å²) >= 11 is 5.87. The lowest BCUT2D eigenvalue weighted by molar-refractivity contribution is -0.384. The Kier molecular flexibility index (Phi) is 8.10. The van der Waals surface area contributed by atoms with Gasteiger partial charge in [0.15, 0.2) is 5.11 Å². The van der Waals surface area contributed by atoms with E-state index in [1.54, 1.807) is 18.3 Å². The van der Waals surface area contributed by atoms with Gasteiger partial charge in [0, 0.05) is 43.8 Å². The van der Waals surface area contributed by atoms with Crippen molar-refractivity contribution >= 4 is 23.0 Å². The first-order valence-electron chi connectivity index (χ1n) is 13.2. The van der Waals surface area contributed by atoms with Crippen molar-refractivity contribution in [3.05, 3.63) is 81.4 Å². The number of nitrogens with one attached hydrogen (secondary N) is 1. The summed E-state index contributed by atoms with van der Waals surface area (Å²) in [5, 5.41) is 16.2. The third kappa shape index (κ3) is 5.47. The van der Waals surface area contributed by atoms with Crippen LogP contribution in [0, 0.1) is 24.0 Å². The fraction of sp³-hybridized carbons (Fsp3) is 0.429. The first kappa shape index (κ1) is 27.0. The SMILES string of the molecule is COc1ccc(-n2c(C)cc([C@H]3[C@H](c4ccccn4)NC(=S)N3CCCN3CCOCC3)c2C)c([N+](=O)[O-])c1. The number of thiocarbonyl (C=S) groups is 1. The molecular weight excluding hydrogens is 516 g/mol. The maximum atomic E-state index is 12.0. The standard InChI is InChI=1S/C28H34N6O4S/c1-19-17-22(20(2)33(19)24-9-8-21(37-3)18-25(24)34(35)36)27-26(23-7-4-5-10-29-23)30-28(39)32(27)12-6-11-31-13-15-38-16-14-31/h4-5,7-10,17-18,26-27H,6,11-16H2,1-3H3,(H,30,39)/t26-,27-/m0/s1. The number of morpholine rings is 1. The Hall–Kier alpha value is -3.54. The lowest BCUT2D eigenvalue weighted by Crippen LogP contribution is -2.39. The quantitative estimate of drug-likeness (QED) is 0.240. The summed E-state index contributed by atoms with van der Waals surface area (Å²) < 4.78 is 12.7. The number of nitro benzene ring substituents is 1. The second kappa shape index (κ2) is 11.7. The van der Waals surface area contributed by atoms with E-state index >= 15 is 0 Å². The largest absolute Gasteiger partial charge is 0.496 e. The molecule has 5 rings (SSSR count). The summed E-state index contributed by atoms with van der Waals surface area (Å²) in [4.78, 5) is 21.0. The van der Waals surface area contributed by atoms with Crippen LogP contribution in [0.2, 0.25) is 0 Å². The molecule has 2 aliphatic heterocycles. The predicted octanol–water partition coefficient (Wildman–Crippen LogP) is 4.10. The molecule has 39 heavy (non-hydrogen) atoms. The van der Waals surface area contributed by atoms with Gasteiger partial charge in [-0.25, -0.2) is 0 Å². The van der Waals surface area contributed by atoms with Gasteiger partial charge in [0.1, 0.15) is 11.4 Å². The molecule has 2 aromatic heterocycles.